The van der Waals surface area contributed by atoms with Crippen molar-refractivity contribution in [1.82, 2.24) is 4.98 Å². The number of rotatable bonds is 2. The van der Waals surface area contributed by atoms with E-state index in [9.17, 15) is 5.11 Å². The summed E-state index contributed by atoms with van der Waals surface area (Å²) in [7, 11) is 0. The maximum Gasteiger partial charge on any atom is 0.192 e. The Hall–Kier alpha value is -1.55. The molecule has 0 amide bonds. The van der Waals surface area contributed by atoms with E-state index in [0.29, 0.717) is 11.9 Å². The molecule has 1 aliphatic rings. The SMILES string of the molecule is Cc1nc2ccc(NC3CCC(O)CC3)cc2o1. The van der Waals surface area contributed by atoms with Crippen molar-refractivity contribution in [2.75, 3.05) is 5.32 Å². The second-order valence-electron chi connectivity index (χ2n) is 5.07. The summed E-state index contributed by atoms with van der Waals surface area (Å²) >= 11 is 0. The molecule has 0 spiro atoms. The van der Waals surface area contributed by atoms with E-state index in [2.05, 4.69) is 10.3 Å². The van der Waals surface area contributed by atoms with Crippen molar-refractivity contribution in [3.8, 4) is 0 Å². The van der Waals surface area contributed by atoms with Gasteiger partial charge in [0.25, 0.3) is 0 Å². The third kappa shape index (κ3) is 2.34. The summed E-state index contributed by atoms with van der Waals surface area (Å²) in [5.74, 6) is 0.697. The first kappa shape index (κ1) is 11.5. The zero-order valence-corrected chi connectivity index (χ0v) is 10.5. The average molecular weight is 246 g/mol. The van der Waals surface area contributed by atoms with Crippen molar-refractivity contribution in [2.45, 2.75) is 44.8 Å². The fourth-order valence-electron chi connectivity index (χ4n) is 2.59. The molecule has 4 nitrogen and oxygen atoms in total. The van der Waals surface area contributed by atoms with Crippen LogP contribution >= 0.6 is 0 Å². The summed E-state index contributed by atoms with van der Waals surface area (Å²) < 4.78 is 5.52. The molecule has 0 atom stereocenters. The maximum atomic E-state index is 9.49. The highest BCUT2D eigenvalue weighted by Crippen LogP contribution is 2.24. The lowest BCUT2D eigenvalue weighted by atomic mass is 9.93. The standard InChI is InChI=1S/C14H18N2O2/c1-9-15-13-7-4-11(8-14(13)18-9)16-10-2-5-12(17)6-3-10/h4,7-8,10,12,16-17H,2-3,5-6H2,1H3. The lowest BCUT2D eigenvalue weighted by Crippen LogP contribution is -2.28. The van der Waals surface area contributed by atoms with E-state index in [1.807, 2.05) is 25.1 Å². The molecule has 0 bridgehead atoms. The van der Waals surface area contributed by atoms with Gasteiger partial charge in [0.05, 0.1) is 6.10 Å². The number of hydrogen-bond donors (Lipinski definition) is 2. The normalized spacial score (nSPS) is 24.3. The number of fused-ring (bicyclic) bond motifs is 1. The second-order valence-corrected chi connectivity index (χ2v) is 5.07. The van der Waals surface area contributed by atoms with Gasteiger partial charge in [-0.1, -0.05) is 0 Å². The van der Waals surface area contributed by atoms with Crippen LogP contribution in [0.3, 0.4) is 0 Å². The van der Waals surface area contributed by atoms with Crippen LogP contribution in [0.4, 0.5) is 5.69 Å². The van der Waals surface area contributed by atoms with Gasteiger partial charge in [-0.25, -0.2) is 4.98 Å². The monoisotopic (exact) mass is 246 g/mol. The van der Waals surface area contributed by atoms with E-state index in [4.69, 9.17) is 4.42 Å². The highest BCUT2D eigenvalue weighted by molar-refractivity contribution is 5.77. The average Bonchev–Trinajstić information content (AvgIpc) is 2.71. The van der Waals surface area contributed by atoms with Crippen LogP contribution in [0, 0.1) is 6.92 Å². The lowest BCUT2D eigenvalue weighted by Gasteiger charge is -2.26. The predicted octanol–water partition coefficient (Wildman–Crippen LogP) is 2.85. The zero-order chi connectivity index (χ0) is 12.5. The molecule has 18 heavy (non-hydrogen) atoms. The van der Waals surface area contributed by atoms with Gasteiger partial charge in [-0.2, -0.15) is 0 Å². The fraction of sp³-hybridized carbons (Fsp3) is 0.500. The summed E-state index contributed by atoms with van der Waals surface area (Å²) in [6.07, 6.45) is 3.72. The van der Waals surface area contributed by atoms with Gasteiger partial charge in [0, 0.05) is 24.7 Å². The highest BCUT2D eigenvalue weighted by atomic mass is 16.3. The molecule has 1 aromatic carbocycles. The largest absolute Gasteiger partial charge is 0.441 e. The van der Waals surface area contributed by atoms with Crippen LogP contribution in [0.1, 0.15) is 31.6 Å². The number of aromatic nitrogens is 1. The van der Waals surface area contributed by atoms with E-state index in [1.54, 1.807) is 0 Å². The van der Waals surface area contributed by atoms with E-state index >= 15 is 0 Å². The molecule has 1 aromatic heterocycles. The number of aliphatic hydroxyl groups excluding tert-OH is 1. The predicted molar refractivity (Wildman–Crippen MR) is 70.6 cm³/mol. The molecule has 1 heterocycles. The minimum atomic E-state index is -0.109. The minimum Gasteiger partial charge on any atom is -0.441 e. The minimum absolute atomic E-state index is 0.109. The van der Waals surface area contributed by atoms with Gasteiger partial charge >= 0.3 is 0 Å². The molecule has 1 saturated carbocycles. The van der Waals surface area contributed by atoms with Crippen LogP contribution in [0.2, 0.25) is 0 Å². The van der Waals surface area contributed by atoms with Crippen LogP contribution in [-0.2, 0) is 0 Å². The van der Waals surface area contributed by atoms with Crippen molar-refractivity contribution in [3.63, 3.8) is 0 Å². The fourth-order valence-corrected chi connectivity index (χ4v) is 2.59. The van der Waals surface area contributed by atoms with Gasteiger partial charge in [0.2, 0.25) is 0 Å². The summed E-state index contributed by atoms with van der Waals surface area (Å²) in [5, 5.41) is 13.0. The first-order valence-electron chi connectivity index (χ1n) is 6.52. The molecule has 96 valence electrons. The Balaban J connectivity index is 1.74. The second kappa shape index (κ2) is 4.61. The van der Waals surface area contributed by atoms with Crippen molar-refractivity contribution in [1.29, 1.82) is 0 Å². The van der Waals surface area contributed by atoms with Gasteiger partial charge < -0.3 is 14.8 Å². The Bertz CT molecular complexity index is 542. The van der Waals surface area contributed by atoms with Gasteiger partial charge in [-0.05, 0) is 37.8 Å². The smallest absolute Gasteiger partial charge is 0.192 e. The number of oxazole rings is 1. The Kier molecular flexibility index (Phi) is 2.96. The van der Waals surface area contributed by atoms with Crippen LogP contribution in [0.25, 0.3) is 11.1 Å². The first-order chi connectivity index (χ1) is 8.70. The van der Waals surface area contributed by atoms with Crippen molar-refractivity contribution in [3.05, 3.63) is 24.1 Å². The number of anilines is 1. The third-order valence-electron chi connectivity index (χ3n) is 3.56. The third-order valence-corrected chi connectivity index (χ3v) is 3.56. The van der Waals surface area contributed by atoms with E-state index in [1.165, 1.54) is 0 Å². The molecule has 0 radical (unpaired) electrons. The number of nitrogens with zero attached hydrogens (tertiary/aromatic N) is 1. The summed E-state index contributed by atoms with van der Waals surface area (Å²) in [6, 6.07) is 6.47. The van der Waals surface area contributed by atoms with Crippen LogP contribution in [0.15, 0.2) is 22.6 Å². The van der Waals surface area contributed by atoms with Crippen LogP contribution in [0.5, 0.6) is 0 Å². The molecule has 0 aliphatic heterocycles. The molecular weight excluding hydrogens is 228 g/mol. The Morgan fingerprint density at radius 2 is 2.06 bits per heavy atom. The lowest BCUT2D eigenvalue weighted by molar-refractivity contribution is 0.126. The van der Waals surface area contributed by atoms with Gasteiger partial charge in [0.15, 0.2) is 11.5 Å². The maximum absolute atomic E-state index is 9.49. The van der Waals surface area contributed by atoms with Gasteiger partial charge in [-0.15, -0.1) is 0 Å². The summed E-state index contributed by atoms with van der Waals surface area (Å²) in [4.78, 5) is 4.28. The molecule has 2 N–H and O–H groups in total. The van der Waals surface area contributed by atoms with Crippen molar-refractivity contribution < 1.29 is 9.52 Å². The molecule has 1 aliphatic carbocycles. The number of aryl methyl sites for hydroxylation is 1. The van der Waals surface area contributed by atoms with E-state index in [0.717, 1.165) is 42.5 Å². The molecule has 0 saturated heterocycles. The number of benzene rings is 1. The first-order valence-corrected chi connectivity index (χ1v) is 6.52. The topological polar surface area (TPSA) is 58.3 Å². The number of hydrogen-bond acceptors (Lipinski definition) is 4. The Labute approximate surface area is 106 Å². The number of nitrogens with one attached hydrogen (secondary N) is 1. The van der Waals surface area contributed by atoms with Gasteiger partial charge in [0.1, 0.15) is 5.52 Å². The highest BCUT2D eigenvalue weighted by Gasteiger charge is 2.19. The molecule has 2 aromatic rings. The Morgan fingerprint density at radius 3 is 2.83 bits per heavy atom. The molecule has 1 fully saturated rings. The van der Waals surface area contributed by atoms with Crippen molar-refractivity contribution in [2.24, 2.45) is 0 Å². The zero-order valence-electron chi connectivity index (χ0n) is 10.5. The molecule has 0 unspecified atom stereocenters. The molecule has 4 heteroatoms. The van der Waals surface area contributed by atoms with E-state index in [-0.39, 0.29) is 6.10 Å². The summed E-state index contributed by atoms with van der Waals surface area (Å²) in [6.45, 7) is 1.86. The molecular formula is C14H18N2O2. The van der Waals surface area contributed by atoms with Crippen LogP contribution in [-0.4, -0.2) is 22.2 Å². The van der Waals surface area contributed by atoms with Crippen molar-refractivity contribution >= 4 is 16.8 Å². The van der Waals surface area contributed by atoms with Gasteiger partial charge in [-0.3, -0.25) is 0 Å². The van der Waals surface area contributed by atoms with E-state index < -0.39 is 0 Å². The van der Waals surface area contributed by atoms with Crippen LogP contribution < -0.4 is 5.32 Å². The summed E-state index contributed by atoms with van der Waals surface area (Å²) in [5.41, 5.74) is 2.80. The number of aliphatic hydroxyl groups is 1. The Morgan fingerprint density at radius 1 is 1.28 bits per heavy atom. The quantitative estimate of drug-likeness (QED) is 0.855. The molecule has 3 rings (SSSR count).